The van der Waals surface area contributed by atoms with Crippen molar-refractivity contribution in [3.8, 4) is 11.8 Å². The second-order valence-electron chi connectivity index (χ2n) is 5.44. The third-order valence-corrected chi connectivity index (χ3v) is 3.91. The Hall–Kier alpha value is -2.88. The first-order valence-electron chi connectivity index (χ1n) is 7.43. The Bertz CT molecular complexity index is 777. The number of carbonyl (C=O) groups excluding carboxylic acids is 1. The number of carbonyl (C=O) groups is 1. The van der Waals surface area contributed by atoms with Crippen molar-refractivity contribution in [2.75, 3.05) is 6.54 Å². The van der Waals surface area contributed by atoms with Crippen LogP contribution in [-0.4, -0.2) is 38.2 Å². The molecule has 0 bridgehead atoms. The van der Waals surface area contributed by atoms with Crippen molar-refractivity contribution >= 4 is 5.91 Å². The van der Waals surface area contributed by atoms with Gasteiger partial charge in [-0.1, -0.05) is 12.1 Å². The molecule has 0 aliphatic carbocycles. The van der Waals surface area contributed by atoms with Gasteiger partial charge in [-0.15, -0.1) is 10.2 Å². The molecule has 1 atom stereocenters. The Labute approximate surface area is 134 Å². The quantitative estimate of drug-likeness (QED) is 0.852. The van der Waals surface area contributed by atoms with Gasteiger partial charge in [-0.25, -0.2) is 0 Å². The highest BCUT2D eigenvalue weighted by molar-refractivity contribution is 5.81. The fraction of sp³-hybridized carbons (Fsp3) is 0.375. The molecular formula is C16H17N5O2. The van der Waals surface area contributed by atoms with Crippen LogP contribution >= 0.6 is 0 Å². The summed E-state index contributed by atoms with van der Waals surface area (Å²) in [5, 5.41) is 17.2. The number of aryl methyl sites for hydroxylation is 1. The van der Waals surface area contributed by atoms with Crippen LogP contribution < -0.4 is 4.74 Å². The third-order valence-electron chi connectivity index (χ3n) is 3.91. The molecule has 0 saturated heterocycles. The minimum atomic E-state index is -0.667. The predicted molar refractivity (Wildman–Crippen MR) is 81.4 cm³/mol. The van der Waals surface area contributed by atoms with E-state index < -0.39 is 6.10 Å². The Morgan fingerprint density at radius 2 is 2.13 bits per heavy atom. The van der Waals surface area contributed by atoms with E-state index in [0.717, 1.165) is 11.6 Å². The molecule has 1 amide bonds. The topological polar surface area (TPSA) is 84.0 Å². The van der Waals surface area contributed by atoms with Crippen molar-refractivity contribution < 1.29 is 9.53 Å². The van der Waals surface area contributed by atoms with Crippen LogP contribution in [0, 0.1) is 18.3 Å². The zero-order valence-corrected chi connectivity index (χ0v) is 13.1. The minimum Gasteiger partial charge on any atom is -0.480 e. The summed E-state index contributed by atoms with van der Waals surface area (Å²) in [5.74, 6) is 1.95. The van der Waals surface area contributed by atoms with Crippen LogP contribution in [0.5, 0.6) is 5.75 Å². The summed E-state index contributed by atoms with van der Waals surface area (Å²) in [6, 6.07) is 8.96. The molecule has 0 N–H and O–H groups in total. The van der Waals surface area contributed by atoms with Gasteiger partial charge >= 0.3 is 0 Å². The molecule has 2 heterocycles. The first-order valence-corrected chi connectivity index (χ1v) is 7.43. The number of nitriles is 1. The standard InChI is InChI=1S/C16H17N5O2/c1-11(23-14-6-4-3-5-13(14)9-17)16(22)20-7-8-21-12(2)18-19-15(21)10-20/h3-6,11H,7-8,10H2,1-2H3. The fourth-order valence-corrected chi connectivity index (χ4v) is 2.65. The number of amides is 1. The first-order chi connectivity index (χ1) is 11.1. The Balaban J connectivity index is 1.70. The second-order valence-corrected chi connectivity index (χ2v) is 5.44. The molecule has 7 nitrogen and oxygen atoms in total. The van der Waals surface area contributed by atoms with E-state index >= 15 is 0 Å². The third kappa shape index (κ3) is 2.88. The molecule has 1 aromatic heterocycles. The van der Waals surface area contributed by atoms with Gasteiger partial charge in [0.05, 0.1) is 12.1 Å². The smallest absolute Gasteiger partial charge is 0.263 e. The number of nitrogens with zero attached hydrogens (tertiary/aromatic N) is 5. The maximum atomic E-state index is 12.6. The van der Waals surface area contributed by atoms with Crippen molar-refractivity contribution in [3.05, 3.63) is 41.5 Å². The number of ether oxygens (including phenoxy) is 1. The van der Waals surface area contributed by atoms with Crippen LogP contribution in [0.25, 0.3) is 0 Å². The Kier molecular flexibility index (Phi) is 3.98. The average Bonchev–Trinajstić information content (AvgIpc) is 2.95. The van der Waals surface area contributed by atoms with Crippen molar-refractivity contribution in [2.45, 2.75) is 33.0 Å². The minimum absolute atomic E-state index is 0.121. The van der Waals surface area contributed by atoms with Gasteiger partial charge in [-0.3, -0.25) is 4.79 Å². The fourth-order valence-electron chi connectivity index (χ4n) is 2.65. The lowest BCUT2D eigenvalue weighted by Crippen LogP contribution is -2.44. The highest BCUT2D eigenvalue weighted by atomic mass is 16.5. The zero-order chi connectivity index (χ0) is 16.4. The van der Waals surface area contributed by atoms with Crippen molar-refractivity contribution in [2.24, 2.45) is 0 Å². The summed E-state index contributed by atoms with van der Waals surface area (Å²) in [7, 11) is 0. The highest BCUT2D eigenvalue weighted by Crippen LogP contribution is 2.20. The van der Waals surface area contributed by atoms with Gasteiger partial charge in [0, 0.05) is 13.1 Å². The number of aromatic nitrogens is 3. The van der Waals surface area contributed by atoms with Crippen LogP contribution in [0.3, 0.4) is 0 Å². The molecule has 1 aromatic carbocycles. The molecule has 1 unspecified atom stereocenters. The number of fused-ring (bicyclic) bond motifs is 1. The van der Waals surface area contributed by atoms with Gasteiger partial charge in [0.1, 0.15) is 17.6 Å². The summed E-state index contributed by atoms with van der Waals surface area (Å²) >= 11 is 0. The molecule has 2 aromatic rings. The van der Waals surface area contributed by atoms with Crippen LogP contribution in [0.2, 0.25) is 0 Å². The van der Waals surface area contributed by atoms with Gasteiger partial charge < -0.3 is 14.2 Å². The van der Waals surface area contributed by atoms with Crippen molar-refractivity contribution in [3.63, 3.8) is 0 Å². The molecule has 1 aliphatic heterocycles. The second kappa shape index (κ2) is 6.08. The van der Waals surface area contributed by atoms with Crippen LogP contribution in [0.4, 0.5) is 0 Å². The normalized spacial score (nSPS) is 14.7. The van der Waals surface area contributed by atoms with Crippen molar-refractivity contribution in [1.29, 1.82) is 5.26 Å². The van der Waals surface area contributed by atoms with Gasteiger partial charge in [0.15, 0.2) is 11.9 Å². The van der Waals surface area contributed by atoms with E-state index in [0.29, 0.717) is 30.9 Å². The number of benzene rings is 1. The number of hydrogen-bond acceptors (Lipinski definition) is 5. The maximum absolute atomic E-state index is 12.6. The molecule has 0 radical (unpaired) electrons. The SMILES string of the molecule is Cc1nnc2n1CCN(C(=O)C(C)Oc1ccccc1C#N)C2. The van der Waals surface area contributed by atoms with E-state index in [1.165, 1.54) is 0 Å². The van der Waals surface area contributed by atoms with E-state index in [-0.39, 0.29) is 5.91 Å². The summed E-state index contributed by atoms with van der Waals surface area (Å²) < 4.78 is 7.70. The lowest BCUT2D eigenvalue weighted by atomic mass is 10.2. The Morgan fingerprint density at radius 1 is 1.35 bits per heavy atom. The van der Waals surface area contributed by atoms with E-state index in [1.807, 2.05) is 11.5 Å². The molecule has 118 valence electrons. The molecule has 23 heavy (non-hydrogen) atoms. The average molecular weight is 311 g/mol. The van der Waals surface area contributed by atoms with Crippen LogP contribution in [0.1, 0.15) is 24.1 Å². The summed E-state index contributed by atoms with van der Waals surface area (Å²) in [5.41, 5.74) is 0.418. The van der Waals surface area contributed by atoms with E-state index in [9.17, 15) is 4.79 Å². The van der Waals surface area contributed by atoms with Gasteiger partial charge in [-0.05, 0) is 26.0 Å². The molecule has 0 fully saturated rings. The highest BCUT2D eigenvalue weighted by Gasteiger charge is 2.28. The molecule has 1 aliphatic rings. The van der Waals surface area contributed by atoms with Gasteiger partial charge in [-0.2, -0.15) is 5.26 Å². The van der Waals surface area contributed by atoms with E-state index in [4.69, 9.17) is 10.00 Å². The van der Waals surface area contributed by atoms with Crippen LogP contribution in [0.15, 0.2) is 24.3 Å². The van der Waals surface area contributed by atoms with E-state index in [2.05, 4.69) is 16.3 Å². The summed E-state index contributed by atoms with van der Waals surface area (Å²) in [6.07, 6.45) is -0.667. The largest absolute Gasteiger partial charge is 0.480 e. The number of para-hydroxylation sites is 1. The molecule has 3 rings (SSSR count). The zero-order valence-electron chi connectivity index (χ0n) is 13.1. The number of hydrogen-bond donors (Lipinski definition) is 0. The lowest BCUT2D eigenvalue weighted by Gasteiger charge is -2.29. The molecular weight excluding hydrogens is 294 g/mol. The monoisotopic (exact) mass is 311 g/mol. The van der Waals surface area contributed by atoms with Gasteiger partial charge in [0.25, 0.3) is 5.91 Å². The molecule has 7 heteroatoms. The van der Waals surface area contributed by atoms with Gasteiger partial charge in [0.2, 0.25) is 0 Å². The summed E-state index contributed by atoms with van der Waals surface area (Å²) in [4.78, 5) is 14.3. The Morgan fingerprint density at radius 3 is 2.91 bits per heavy atom. The molecule has 0 saturated carbocycles. The van der Waals surface area contributed by atoms with E-state index in [1.54, 1.807) is 36.1 Å². The molecule has 0 spiro atoms. The maximum Gasteiger partial charge on any atom is 0.263 e. The number of rotatable bonds is 3. The van der Waals surface area contributed by atoms with Crippen molar-refractivity contribution in [1.82, 2.24) is 19.7 Å². The summed E-state index contributed by atoms with van der Waals surface area (Å²) in [6.45, 7) is 5.30. The first kappa shape index (κ1) is 15.0. The lowest BCUT2D eigenvalue weighted by molar-refractivity contribution is -0.139. The predicted octanol–water partition coefficient (Wildman–Crippen LogP) is 1.27. The van der Waals surface area contributed by atoms with Crippen LogP contribution in [-0.2, 0) is 17.9 Å².